The molecule has 0 spiro atoms. The van der Waals surface area contributed by atoms with Crippen molar-refractivity contribution in [2.75, 3.05) is 6.54 Å². The fourth-order valence-electron chi connectivity index (χ4n) is 3.18. The minimum absolute atomic E-state index is 0.180. The van der Waals surface area contributed by atoms with Crippen molar-refractivity contribution in [1.82, 2.24) is 20.4 Å². The third kappa shape index (κ3) is 6.98. The first-order valence-corrected chi connectivity index (χ1v) is 9.35. The molecule has 1 aliphatic heterocycles. The molecule has 1 N–H and O–H groups in total. The molecule has 0 aromatic carbocycles. The van der Waals surface area contributed by atoms with Gasteiger partial charge in [0.25, 0.3) is 0 Å². The molecule has 2 heterocycles. The summed E-state index contributed by atoms with van der Waals surface area (Å²) >= 11 is 0. The summed E-state index contributed by atoms with van der Waals surface area (Å²) in [7, 11) is 0. The number of rotatable bonds is 5. The van der Waals surface area contributed by atoms with Crippen molar-refractivity contribution in [1.29, 1.82) is 0 Å². The van der Waals surface area contributed by atoms with Crippen molar-refractivity contribution in [3.63, 3.8) is 0 Å². The average molecular weight is 348 g/mol. The Morgan fingerprint density at radius 2 is 2.20 bits per heavy atom. The molecule has 2 unspecified atom stereocenters. The summed E-state index contributed by atoms with van der Waals surface area (Å²) in [6.07, 6.45) is 6.85. The highest BCUT2D eigenvalue weighted by Gasteiger charge is 2.30. The van der Waals surface area contributed by atoms with E-state index in [2.05, 4.69) is 22.4 Å². The van der Waals surface area contributed by atoms with Crippen molar-refractivity contribution in [3.8, 4) is 0 Å². The number of likely N-dealkylation sites (tertiary alicyclic amines) is 1. The molecule has 25 heavy (non-hydrogen) atoms. The minimum Gasteiger partial charge on any atom is -0.444 e. The molecule has 1 aromatic rings. The van der Waals surface area contributed by atoms with Gasteiger partial charge in [0, 0.05) is 31.4 Å². The predicted molar refractivity (Wildman–Crippen MR) is 98.1 cm³/mol. The van der Waals surface area contributed by atoms with Gasteiger partial charge < -0.3 is 15.0 Å². The highest BCUT2D eigenvalue weighted by Crippen LogP contribution is 2.23. The van der Waals surface area contributed by atoms with Gasteiger partial charge in [0.2, 0.25) is 0 Å². The number of ether oxygens (including phenoxy) is 1. The van der Waals surface area contributed by atoms with Crippen LogP contribution in [0, 0.1) is 0 Å². The fraction of sp³-hybridized carbons (Fsp3) is 0.737. The Morgan fingerprint density at radius 3 is 2.88 bits per heavy atom. The maximum absolute atomic E-state index is 12.6. The Bertz CT molecular complexity index is 530. The molecule has 6 nitrogen and oxygen atoms in total. The van der Waals surface area contributed by atoms with E-state index in [0.29, 0.717) is 6.54 Å². The van der Waals surface area contributed by atoms with Gasteiger partial charge in [-0.1, -0.05) is 12.8 Å². The van der Waals surface area contributed by atoms with Crippen LogP contribution in [0.3, 0.4) is 0 Å². The molecule has 140 valence electrons. The van der Waals surface area contributed by atoms with Crippen molar-refractivity contribution in [3.05, 3.63) is 24.0 Å². The first-order chi connectivity index (χ1) is 11.8. The highest BCUT2D eigenvalue weighted by atomic mass is 16.6. The zero-order valence-corrected chi connectivity index (χ0v) is 16.0. The lowest BCUT2D eigenvalue weighted by Crippen LogP contribution is -2.45. The zero-order valence-electron chi connectivity index (χ0n) is 16.0. The van der Waals surface area contributed by atoms with Crippen LogP contribution in [-0.4, -0.2) is 45.4 Å². The van der Waals surface area contributed by atoms with E-state index in [1.165, 1.54) is 12.8 Å². The Balaban J connectivity index is 1.92. The molecule has 1 fully saturated rings. The zero-order chi connectivity index (χ0) is 18.3. The van der Waals surface area contributed by atoms with Crippen LogP contribution >= 0.6 is 0 Å². The van der Waals surface area contributed by atoms with Crippen LogP contribution in [0.4, 0.5) is 4.79 Å². The van der Waals surface area contributed by atoms with E-state index in [4.69, 9.17) is 4.74 Å². The lowest BCUT2D eigenvalue weighted by atomic mass is 10.0. The number of nitrogens with one attached hydrogen (secondary N) is 1. The van der Waals surface area contributed by atoms with Gasteiger partial charge >= 0.3 is 6.09 Å². The minimum atomic E-state index is -0.455. The number of amides is 1. The maximum Gasteiger partial charge on any atom is 0.410 e. The third-order valence-electron chi connectivity index (χ3n) is 4.39. The van der Waals surface area contributed by atoms with Gasteiger partial charge in [-0.3, -0.25) is 0 Å². The molecule has 1 saturated heterocycles. The first kappa shape index (κ1) is 19.6. The van der Waals surface area contributed by atoms with Crippen molar-refractivity contribution in [2.45, 2.75) is 84.0 Å². The topological polar surface area (TPSA) is 67.3 Å². The Morgan fingerprint density at radius 1 is 1.40 bits per heavy atom. The normalized spacial score (nSPS) is 20.0. The number of carbonyl (C=O) groups excluding carboxylic acids is 1. The number of aromatic nitrogens is 2. The second-order valence-electron chi connectivity index (χ2n) is 7.91. The summed E-state index contributed by atoms with van der Waals surface area (Å²) in [6.45, 7) is 9.40. The van der Waals surface area contributed by atoms with Crippen LogP contribution in [0.1, 0.15) is 65.5 Å². The fourth-order valence-corrected chi connectivity index (χ4v) is 3.18. The summed E-state index contributed by atoms with van der Waals surface area (Å²) < 4.78 is 5.62. The predicted octanol–water partition coefficient (Wildman–Crippen LogP) is 3.52. The van der Waals surface area contributed by atoms with Crippen LogP contribution in [0.5, 0.6) is 0 Å². The van der Waals surface area contributed by atoms with Gasteiger partial charge in [-0.05, 0) is 59.1 Å². The molecule has 0 saturated carbocycles. The van der Waals surface area contributed by atoms with Crippen molar-refractivity contribution >= 4 is 6.09 Å². The maximum atomic E-state index is 12.6. The van der Waals surface area contributed by atoms with Gasteiger partial charge in [-0.15, -0.1) is 0 Å². The quantitative estimate of drug-likeness (QED) is 0.882. The summed E-state index contributed by atoms with van der Waals surface area (Å²) in [5, 5.41) is 11.5. The number of carbonyl (C=O) groups is 1. The Hall–Kier alpha value is -1.69. The van der Waals surface area contributed by atoms with Gasteiger partial charge in [-0.25, -0.2) is 4.79 Å². The first-order valence-electron chi connectivity index (χ1n) is 9.35. The molecule has 0 aliphatic carbocycles. The average Bonchev–Trinajstić information content (AvgIpc) is 2.78. The van der Waals surface area contributed by atoms with E-state index in [9.17, 15) is 4.79 Å². The van der Waals surface area contributed by atoms with Crippen LogP contribution in [0.25, 0.3) is 0 Å². The van der Waals surface area contributed by atoms with Crippen LogP contribution < -0.4 is 5.32 Å². The van der Waals surface area contributed by atoms with E-state index in [-0.39, 0.29) is 18.2 Å². The molecule has 2 atom stereocenters. The third-order valence-corrected chi connectivity index (χ3v) is 4.39. The second kappa shape index (κ2) is 9.13. The highest BCUT2D eigenvalue weighted by molar-refractivity contribution is 5.68. The lowest BCUT2D eigenvalue weighted by molar-refractivity contribution is 0.0150. The van der Waals surface area contributed by atoms with Gasteiger partial charge in [0.1, 0.15) is 5.60 Å². The van der Waals surface area contributed by atoms with Gasteiger partial charge in [-0.2, -0.15) is 10.2 Å². The Kier molecular flexibility index (Phi) is 7.17. The standard InChI is InChI=1S/C19H32N4O2/c1-15(20-14-16-9-8-11-21-22-16)13-17-10-6-5-7-12-23(17)18(24)25-19(2,3)4/h8-9,11,15,17,20H,5-7,10,12-14H2,1-4H3. The molecule has 1 aromatic heterocycles. The van der Waals surface area contributed by atoms with E-state index in [0.717, 1.165) is 31.5 Å². The van der Waals surface area contributed by atoms with E-state index in [1.54, 1.807) is 6.20 Å². The second-order valence-corrected chi connectivity index (χ2v) is 7.91. The SMILES string of the molecule is CC(CC1CCCCCN1C(=O)OC(C)(C)C)NCc1cccnn1. The number of hydrogen-bond acceptors (Lipinski definition) is 5. The molecule has 0 bridgehead atoms. The summed E-state index contributed by atoms with van der Waals surface area (Å²) in [4.78, 5) is 14.5. The molecular formula is C19H32N4O2. The monoisotopic (exact) mass is 348 g/mol. The smallest absolute Gasteiger partial charge is 0.410 e. The van der Waals surface area contributed by atoms with E-state index >= 15 is 0 Å². The molecular weight excluding hydrogens is 316 g/mol. The molecule has 6 heteroatoms. The Labute approximate surface area is 151 Å². The summed E-state index contributed by atoms with van der Waals surface area (Å²) in [5.41, 5.74) is 0.475. The molecule has 1 aliphatic rings. The van der Waals surface area contributed by atoms with Gasteiger partial charge in [0.05, 0.1) is 5.69 Å². The van der Waals surface area contributed by atoms with Crippen LogP contribution in [-0.2, 0) is 11.3 Å². The summed E-state index contributed by atoms with van der Waals surface area (Å²) in [5.74, 6) is 0. The number of nitrogens with zero attached hydrogens (tertiary/aromatic N) is 3. The van der Waals surface area contributed by atoms with Crippen LogP contribution in [0.2, 0.25) is 0 Å². The van der Waals surface area contributed by atoms with Crippen molar-refractivity contribution in [2.24, 2.45) is 0 Å². The molecule has 1 amide bonds. The number of hydrogen-bond donors (Lipinski definition) is 1. The lowest BCUT2D eigenvalue weighted by Gasteiger charge is -2.33. The molecule has 0 radical (unpaired) electrons. The molecule has 2 rings (SSSR count). The summed E-state index contributed by atoms with van der Waals surface area (Å²) in [6, 6.07) is 4.37. The van der Waals surface area contributed by atoms with E-state index in [1.807, 2.05) is 37.8 Å². The van der Waals surface area contributed by atoms with Gasteiger partial charge in [0.15, 0.2) is 0 Å². The largest absolute Gasteiger partial charge is 0.444 e. The van der Waals surface area contributed by atoms with E-state index < -0.39 is 5.60 Å². The van der Waals surface area contributed by atoms with Crippen LogP contribution in [0.15, 0.2) is 18.3 Å². The van der Waals surface area contributed by atoms with Crippen molar-refractivity contribution < 1.29 is 9.53 Å².